The van der Waals surface area contributed by atoms with Crippen LogP contribution in [0.1, 0.15) is 48.0 Å². The van der Waals surface area contributed by atoms with Crippen LogP contribution in [-0.2, 0) is 19.4 Å². The number of carbonyl (C=O) groups excluding carboxylic acids is 1. The third-order valence-corrected chi connectivity index (χ3v) is 4.97. The fourth-order valence-electron chi connectivity index (χ4n) is 3.40. The molecule has 0 fully saturated rings. The summed E-state index contributed by atoms with van der Waals surface area (Å²) < 4.78 is 11.2. The quantitative estimate of drug-likeness (QED) is 0.687. The van der Waals surface area contributed by atoms with Crippen molar-refractivity contribution in [1.82, 2.24) is 20.3 Å². The van der Waals surface area contributed by atoms with E-state index in [1.165, 1.54) is 0 Å². The molecule has 0 unspecified atom stereocenters. The molecule has 0 spiro atoms. The number of hydrogen-bond acceptors (Lipinski definition) is 6. The summed E-state index contributed by atoms with van der Waals surface area (Å²) in [4.78, 5) is 14.7. The van der Waals surface area contributed by atoms with Crippen LogP contribution < -0.4 is 0 Å². The van der Waals surface area contributed by atoms with E-state index in [1.54, 1.807) is 4.90 Å². The summed E-state index contributed by atoms with van der Waals surface area (Å²) in [6.45, 7) is 4.86. The largest absolute Gasteiger partial charge is 0.419 e. The van der Waals surface area contributed by atoms with Crippen molar-refractivity contribution in [3.05, 3.63) is 53.2 Å². The Morgan fingerprint density at radius 2 is 2.07 bits per heavy atom. The molecule has 0 radical (unpaired) electrons. The maximum absolute atomic E-state index is 13.0. The van der Waals surface area contributed by atoms with Gasteiger partial charge in [0.05, 0.1) is 6.54 Å². The Morgan fingerprint density at radius 3 is 2.85 bits per heavy atom. The first-order chi connectivity index (χ1) is 13.2. The third-order valence-electron chi connectivity index (χ3n) is 4.97. The molecule has 2 aromatic heterocycles. The average molecular weight is 366 g/mol. The summed E-state index contributed by atoms with van der Waals surface area (Å²) in [5.41, 5.74) is 2.22. The zero-order valence-corrected chi connectivity index (χ0v) is 15.5. The molecule has 140 valence electrons. The molecule has 0 N–H and O–H groups in total. The summed E-state index contributed by atoms with van der Waals surface area (Å²) in [6.07, 6.45) is 2.74. The van der Waals surface area contributed by atoms with Gasteiger partial charge in [-0.3, -0.25) is 4.79 Å². The van der Waals surface area contributed by atoms with Crippen LogP contribution in [0.2, 0.25) is 0 Å². The lowest BCUT2D eigenvalue weighted by Crippen LogP contribution is -2.31. The molecule has 2 heterocycles. The SMILES string of the molecule is CCN(Cc1nnc(-c2ccccc2)o1)C(=O)c1noc2c1C[C@@H](C)CC2. The third kappa shape index (κ3) is 3.49. The summed E-state index contributed by atoms with van der Waals surface area (Å²) in [7, 11) is 0. The van der Waals surface area contributed by atoms with Crippen molar-refractivity contribution in [3.63, 3.8) is 0 Å². The number of fused-ring (bicyclic) bond motifs is 1. The summed E-state index contributed by atoms with van der Waals surface area (Å²) in [5, 5.41) is 12.2. The van der Waals surface area contributed by atoms with Gasteiger partial charge in [-0.25, -0.2) is 0 Å². The number of amides is 1. The highest BCUT2D eigenvalue weighted by Crippen LogP contribution is 2.28. The lowest BCUT2D eigenvalue weighted by atomic mass is 9.88. The van der Waals surface area contributed by atoms with Crippen LogP contribution in [0.4, 0.5) is 0 Å². The molecule has 3 aromatic rings. The van der Waals surface area contributed by atoms with E-state index in [9.17, 15) is 4.79 Å². The van der Waals surface area contributed by atoms with E-state index in [4.69, 9.17) is 8.94 Å². The predicted molar refractivity (Wildman–Crippen MR) is 97.8 cm³/mol. The highest BCUT2D eigenvalue weighted by molar-refractivity contribution is 5.93. The Balaban J connectivity index is 1.52. The van der Waals surface area contributed by atoms with E-state index in [0.717, 1.165) is 36.1 Å². The van der Waals surface area contributed by atoms with Gasteiger partial charge in [0.2, 0.25) is 11.8 Å². The minimum absolute atomic E-state index is 0.156. The number of carbonyl (C=O) groups is 1. The zero-order chi connectivity index (χ0) is 18.8. The number of nitrogens with zero attached hydrogens (tertiary/aromatic N) is 4. The van der Waals surface area contributed by atoms with Crippen molar-refractivity contribution in [1.29, 1.82) is 0 Å². The van der Waals surface area contributed by atoms with Gasteiger partial charge in [0.1, 0.15) is 5.76 Å². The number of benzene rings is 1. The molecule has 7 heteroatoms. The molecule has 0 aliphatic heterocycles. The van der Waals surface area contributed by atoms with E-state index in [1.807, 2.05) is 37.3 Å². The van der Waals surface area contributed by atoms with Crippen molar-refractivity contribution in [2.24, 2.45) is 5.92 Å². The summed E-state index contributed by atoms with van der Waals surface area (Å²) in [6, 6.07) is 9.56. The van der Waals surface area contributed by atoms with E-state index < -0.39 is 0 Å². The topological polar surface area (TPSA) is 85.3 Å². The number of aromatic nitrogens is 3. The van der Waals surface area contributed by atoms with Crippen LogP contribution in [-0.4, -0.2) is 32.7 Å². The molecule has 1 aromatic carbocycles. The molecular formula is C20H22N4O3. The minimum Gasteiger partial charge on any atom is -0.419 e. The smallest absolute Gasteiger partial charge is 0.276 e. The van der Waals surface area contributed by atoms with Crippen molar-refractivity contribution >= 4 is 5.91 Å². The Labute approximate surface area is 157 Å². The lowest BCUT2D eigenvalue weighted by molar-refractivity contribution is 0.0727. The van der Waals surface area contributed by atoms with Gasteiger partial charge >= 0.3 is 0 Å². The Bertz CT molecular complexity index is 932. The maximum atomic E-state index is 13.0. The fourth-order valence-corrected chi connectivity index (χ4v) is 3.40. The van der Waals surface area contributed by atoms with Crippen LogP contribution in [0.5, 0.6) is 0 Å². The first-order valence-electron chi connectivity index (χ1n) is 9.30. The van der Waals surface area contributed by atoms with Crippen molar-refractivity contribution in [2.45, 2.75) is 39.7 Å². The monoisotopic (exact) mass is 366 g/mol. The first kappa shape index (κ1) is 17.5. The van der Waals surface area contributed by atoms with Crippen LogP contribution >= 0.6 is 0 Å². The van der Waals surface area contributed by atoms with E-state index in [0.29, 0.717) is 29.9 Å². The second-order valence-corrected chi connectivity index (χ2v) is 6.97. The van der Waals surface area contributed by atoms with Crippen LogP contribution in [0.25, 0.3) is 11.5 Å². The Hall–Kier alpha value is -2.96. The van der Waals surface area contributed by atoms with Crippen LogP contribution in [0.3, 0.4) is 0 Å². The van der Waals surface area contributed by atoms with E-state index in [2.05, 4.69) is 22.3 Å². The van der Waals surface area contributed by atoms with Gasteiger partial charge < -0.3 is 13.8 Å². The summed E-state index contributed by atoms with van der Waals surface area (Å²) in [5.74, 6) is 2.06. The molecular weight excluding hydrogens is 344 g/mol. The predicted octanol–water partition coefficient (Wildman–Crippen LogP) is 3.51. The van der Waals surface area contributed by atoms with Crippen molar-refractivity contribution in [3.8, 4) is 11.5 Å². The van der Waals surface area contributed by atoms with Crippen LogP contribution in [0, 0.1) is 5.92 Å². The highest BCUT2D eigenvalue weighted by Gasteiger charge is 2.29. The van der Waals surface area contributed by atoms with Gasteiger partial charge in [-0.1, -0.05) is 30.3 Å². The summed E-state index contributed by atoms with van der Waals surface area (Å²) >= 11 is 0. The molecule has 0 saturated heterocycles. The van der Waals surface area contributed by atoms with Gasteiger partial charge in [0.15, 0.2) is 5.69 Å². The molecule has 0 saturated carbocycles. The molecule has 1 atom stereocenters. The van der Waals surface area contributed by atoms with Crippen LogP contribution in [0.15, 0.2) is 39.3 Å². The normalized spacial score (nSPS) is 16.1. The first-order valence-corrected chi connectivity index (χ1v) is 9.30. The number of aryl methyl sites for hydroxylation is 1. The van der Waals surface area contributed by atoms with Gasteiger partial charge in [-0.2, -0.15) is 0 Å². The minimum atomic E-state index is -0.156. The molecule has 1 amide bonds. The maximum Gasteiger partial charge on any atom is 0.276 e. The Morgan fingerprint density at radius 1 is 1.26 bits per heavy atom. The fraction of sp³-hybridized carbons (Fsp3) is 0.400. The molecule has 27 heavy (non-hydrogen) atoms. The van der Waals surface area contributed by atoms with E-state index >= 15 is 0 Å². The van der Waals surface area contributed by atoms with E-state index in [-0.39, 0.29) is 12.5 Å². The zero-order valence-electron chi connectivity index (χ0n) is 15.5. The molecule has 7 nitrogen and oxygen atoms in total. The van der Waals surface area contributed by atoms with Gasteiger partial charge in [0.25, 0.3) is 5.91 Å². The van der Waals surface area contributed by atoms with Gasteiger partial charge in [0, 0.05) is 24.1 Å². The second-order valence-electron chi connectivity index (χ2n) is 6.97. The number of rotatable bonds is 5. The number of hydrogen-bond donors (Lipinski definition) is 0. The average Bonchev–Trinajstić information content (AvgIpc) is 3.33. The highest BCUT2D eigenvalue weighted by atomic mass is 16.5. The standard InChI is InChI=1S/C20H22N4O3/c1-3-24(12-17-21-22-19(26-17)14-7-5-4-6-8-14)20(25)18-15-11-13(2)9-10-16(15)27-23-18/h4-8,13H,3,9-12H2,1-2H3/t13-/m0/s1. The molecule has 0 bridgehead atoms. The van der Waals surface area contributed by atoms with Crippen molar-refractivity contribution in [2.75, 3.05) is 6.54 Å². The van der Waals surface area contributed by atoms with Gasteiger partial charge in [-0.05, 0) is 37.8 Å². The second kappa shape index (κ2) is 7.34. The molecule has 1 aliphatic rings. The Kier molecular flexibility index (Phi) is 4.75. The lowest BCUT2D eigenvalue weighted by Gasteiger charge is -2.20. The van der Waals surface area contributed by atoms with Crippen molar-refractivity contribution < 1.29 is 13.7 Å². The molecule has 1 aliphatic carbocycles. The van der Waals surface area contributed by atoms with Gasteiger partial charge in [-0.15, -0.1) is 10.2 Å². The molecule has 4 rings (SSSR count).